The number of benzene rings is 1. The van der Waals surface area contributed by atoms with Gasteiger partial charge in [-0.05, 0) is 30.3 Å². The molecule has 108 valence electrons. The van der Waals surface area contributed by atoms with Gasteiger partial charge >= 0.3 is 0 Å². The lowest BCUT2D eigenvalue weighted by Gasteiger charge is -2.11. The number of rotatable bonds is 5. The molecule has 0 saturated heterocycles. The quantitative estimate of drug-likeness (QED) is 0.840. The Morgan fingerprint density at radius 1 is 1.33 bits per heavy atom. The van der Waals surface area contributed by atoms with Crippen LogP contribution in [0.15, 0.2) is 53.1 Å². The van der Waals surface area contributed by atoms with Gasteiger partial charge < -0.3 is 10.1 Å². The molecule has 0 aliphatic rings. The fourth-order valence-corrected chi connectivity index (χ4v) is 2.26. The molecule has 1 N–H and O–H groups in total. The first kappa shape index (κ1) is 15.4. The van der Waals surface area contributed by atoms with Gasteiger partial charge in [0, 0.05) is 35.1 Å². The molecule has 0 aliphatic carbocycles. The van der Waals surface area contributed by atoms with Crippen LogP contribution in [0.1, 0.15) is 11.3 Å². The number of nitrogens with one attached hydrogen (secondary N) is 1. The molecule has 1 amide bonds. The largest absolute Gasteiger partial charge is 0.380 e. The monoisotopic (exact) mass is 346 g/mol. The van der Waals surface area contributed by atoms with E-state index in [4.69, 9.17) is 4.74 Å². The number of ether oxygens (including phenoxy) is 1. The molecule has 1 heterocycles. The minimum Gasteiger partial charge on any atom is -0.380 e. The highest BCUT2D eigenvalue weighted by atomic mass is 79.9. The Balaban J connectivity index is 2.09. The van der Waals surface area contributed by atoms with E-state index in [2.05, 4.69) is 26.2 Å². The van der Waals surface area contributed by atoms with E-state index in [-0.39, 0.29) is 5.91 Å². The Bertz CT molecular complexity index is 642. The van der Waals surface area contributed by atoms with Gasteiger partial charge in [0.25, 0.3) is 0 Å². The van der Waals surface area contributed by atoms with Crippen LogP contribution in [0.4, 0.5) is 5.69 Å². The van der Waals surface area contributed by atoms with E-state index in [9.17, 15) is 4.79 Å². The van der Waals surface area contributed by atoms with E-state index >= 15 is 0 Å². The Morgan fingerprint density at radius 2 is 2.19 bits per heavy atom. The average Bonchev–Trinajstić information content (AvgIpc) is 2.50. The number of hydrogen-bond donors (Lipinski definition) is 1. The first-order chi connectivity index (χ1) is 10.2. The van der Waals surface area contributed by atoms with Crippen LogP contribution in [0.3, 0.4) is 0 Å². The third kappa shape index (κ3) is 4.51. The zero-order valence-electron chi connectivity index (χ0n) is 11.5. The second-order valence-corrected chi connectivity index (χ2v) is 5.13. The topological polar surface area (TPSA) is 51.2 Å². The van der Waals surface area contributed by atoms with Gasteiger partial charge in [-0.15, -0.1) is 0 Å². The Morgan fingerprint density at radius 3 is 2.90 bits per heavy atom. The molecule has 5 heteroatoms. The average molecular weight is 347 g/mol. The number of pyridine rings is 1. The first-order valence-electron chi connectivity index (χ1n) is 6.37. The molecule has 21 heavy (non-hydrogen) atoms. The van der Waals surface area contributed by atoms with Gasteiger partial charge in [0.2, 0.25) is 5.91 Å². The predicted molar refractivity (Wildman–Crippen MR) is 86.8 cm³/mol. The van der Waals surface area contributed by atoms with Crippen molar-refractivity contribution in [2.24, 2.45) is 0 Å². The predicted octanol–water partition coefficient (Wildman–Crippen LogP) is 3.64. The van der Waals surface area contributed by atoms with Gasteiger partial charge in [0.15, 0.2) is 0 Å². The van der Waals surface area contributed by atoms with Crippen LogP contribution in [0.25, 0.3) is 6.08 Å². The van der Waals surface area contributed by atoms with Gasteiger partial charge in [0.05, 0.1) is 12.3 Å². The van der Waals surface area contributed by atoms with Crippen molar-refractivity contribution in [1.82, 2.24) is 4.98 Å². The maximum absolute atomic E-state index is 12.0. The van der Waals surface area contributed by atoms with E-state index in [0.29, 0.717) is 6.61 Å². The zero-order chi connectivity index (χ0) is 15.1. The molecule has 0 fully saturated rings. The van der Waals surface area contributed by atoms with Crippen molar-refractivity contribution in [3.63, 3.8) is 0 Å². The molecule has 0 radical (unpaired) electrons. The third-order valence-electron chi connectivity index (χ3n) is 2.76. The molecule has 4 nitrogen and oxygen atoms in total. The number of methoxy groups -OCH3 is 1. The zero-order valence-corrected chi connectivity index (χ0v) is 13.1. The number of carbonyl (C=O) groups is 1. The number of hydrogen-bond acceptors (Lipinski definition) is 3. The van der Waals surface area contributed by atoms with E-state index < -0.39 is 0 Å². The van der Waals surface area contributed by atoms with Gasteiger partial charge in [-0.3, -0.25) is 9.78 Å². The van der Waals surface area contributed by atoms with Gasteiger partial charge in [-0.2, -0.15) is 0 Å². The number of halogens is 1. The molecule has 0 bridgehead atoms. The highest BCUT2D eigenvalue weighted by molar-refractivity contribution is 9.10. The highest BCUT2D eigenvalue weighted by Gasteiger charge is 2.08. The molecule has 1 aromatic carbocycles. The molecule has 0 unspecified atom stereocenters. The summed E-state index contributed by atoms with van der Waals surface area (Å²) in [5, 5.41) is 2.84. The Hall–Kier alpha value is -1.98. The van der Waals surface area contributed by atoms with Crippen molar-refractivity contribution in [3.05, 3.63) is 64.4 Å². The SMILES string of the molecule is COCc1c(Br)cccc1NC(=O)C=Cc1ccccn1. The summed E-state index contributed by atoms with van der Waals surface area (Å²) < 4.78 is 6.05. The summed E-state index contributed by atoms with van der Waals surface area (Å²) in [4.78, 5) is 16.1. The van der Waals surface area contributed by atoms with Crippen LogP contribution in [0.5, 0.6) is 0 Å². The van der Waals surface area contributed by atoms with E-state index in [1.807, 2.05) is 36.4 Å². The van der Waals surface area contributed by atoms with Crippen LogP contribution >= 0.6 is 15.9 Å². The van der Waals surface area contributed by atoms with Crippen molar-refractivity contribution in [2.75, 3.05) is 12.4 Å². The molecular formula is C16H15BrN2O2. The summed E-state index contributed by atoms with van der Waals surface area (Å²) in [7, 11) is 1.62. The summed E-state index contributed by atoms with van der Waals surface area (Å²) >= 11 is 3.45. The lowest BCUT2D eigenvalue weighted by Crippen LogP contribution is -2.10. The minimum atomic E-state index is -0.212. The number of aromatic nitrogens is 1. The second-order valence-electron chi connectivity index (χ2n) is 4.28. The lowest BCUT2D eigenvalue weighted by atomic mass is 10.2. The van der Waals surface area contributed by atoms with Gasteiger partial charge in [-0.25, -0.2) is 0 Å². The second kappa shape index (κ2) is 7.71. The molecule has 0 atom stereocenters. The van der Waals surface area contributed by atoms with Crippen molar-refractivity contribution < 1.29 is 9.53 Å². The van der Waals surface area contributed by atoms with Crippen molar-refractivity contribution >= 4 is 33.6 Å². The summed E-state index contributed by atoms with van der Waals surface area (Å²) in [6, 6.07) is 11.1. The van der Waals surface area contributed by atoms with Crippen LogP contribution in [0, 0.1) is 0 Å². The van der Waals surface area contributed by atoms with Crippen LogP contribution in [-0.2, 0) is 16.1 Å². The Labute approximate surface area is 132 Å². The standard InChI is InChI=1S/C16H15BrN2O2/c1-21-11-13-14(17)6-4-7-15(13)19-16(20)9-8-12-5-2-3-10-18-12/h2-10H,11H2,1H3,(H,19,20). The van der Waals surface area contributed by atoms with Crippen LogP contribution in [0.2, 0.25) is 0 Å². The van der Waals surface area contributed by atoms with Crippen LogP contribution in [-0.4, -0.2) is 18.0 Å². The summed E-state index contributed by atoms with van der Waals surface area (Å²) in [5.41, 5.74) is 2.36. The third-order valence-corrected chi connectivity index (χ3v) is 3.50. The number of amides is 1. The molecule has 0 spiro atoms. The number of anilines is 1. The maximum Gasteiger partial charge on any atom is 0.248 e. The van der Waals surface area contributed by atoms with E-state index in [1.54, 1.807) is 19.4 Å². The lowest BCUT2D eigenvalue weighted by molar-refractivity contribution is -0.111. The fraction of sp³-hybridized carbons (Fsp3) is 0.125. The minimum absolute atomic E-state index is 0.212. The van der Waals surface area contributed by atoms with Crippen molar-refractivity contribution in [3.8, 4) is 0 Å². The molecule has 2 aromatic rings. The fourth-order valence-electron chi connectivity index (χ4n) is 1.78. The molecule has 0 aliphatic heterocycles. The molecule has 2 rings (SSSR count). The molecule has 1 aromatic heterocycles. The molecule has 0 saturated carbocycles. The first-order valence-corrected chi connectivity index (χ1v) is 7.16. The summed E-state index contributed by atoms with van der Waals surface area (Å²) in [6.07, 6.45) is 4.81. The van der Waals surface area contributed by atoms with Gasteiger partial charge in [-0.1, -0.05) is 28.1 Å². The number of nitrogens with zero attached hydrogens (tertiary/aromatic N) is 1. The van der Waals surface area contributed by atoms with Crippen molar-refractivity contribution in [1.29, 1.82) is 0 Å². The van der Waals surface area contributed by atoms with Gasteiger partial charge in [0.1, 0.15) is 0 Å². The normalized spacial score (nSPS) is 10.8. The molecular weight excluding hydrogens is 332 g/mol. The van der Waals surface area contributed by atoms with Crippen molar-refractivity contribution in [2.45, 2.75) is 6.61 Å². The number of carbonyl (C=O) groups excluding carboxylic acids is 1. The smallest absolute Gasteiger partial charge is 0.248 e. The van der Waals surface area contributed by atoms with Crippen LogP contribution < -0.4 is 5.32 Å². The summed E-state index contributed by atoms with van der Waals surface area (Å²) in [5.74, 6) is -0.212. The Kier molecular flexibility index (Phi) is 5.66. The van der Waals surface area contributed by atoms with E-state index in [0.717, 1.165) is 21.4 Å². The highest BCUT2D eigenvalue weighted by Crippen LogP contribution is 2.25. The van der Waals surface area contributed by atoms with E-state index in [1.165, 1.54) is 6.08 Å². The maximum atomic E-state index is 12.0. The summed E-state index contributed by atoms with van der Waals surface area (Å²) in [6.45, 7) is 0.418.